The van der Waals surface area contributed by atoms with Crippen molar-refractivity contribution in [1.82, 2.24) is 0 Å². The van der Waals surface area contributed by atoms with Crippen molar-refractivity contribution in [2.75, 3.05) is 0 Å². The maximum Gasteiger partial charge on any atom is 0.0433 e. The van der Waals surface area contributed by atoms with E-state index in [0.717, 1.165) is 6.42 Å². The number of hydrogen-bond acceptors (Lipinski definition) is 1. The van der Waals surface area contributed by atoms with Crippen LogP contribution in [0.15, 0.2) is 133 Å². The molecule has 0 N–H and O–H groups in total. The van der Waals surface area contributed by atoms with Gasteiger partial charge in [0, 0.05) is 20.2 Å². The molecule has 0 unspecified atom stereocenters. The summed E-state index contributed by atoms with van der Waals surface area (Å²) in [6.07, 6.45) is 1.00. The summed E-state index contributed by atoms with van der Waals surface area (Å²) in [6.45, 7) is 0. The third-order valence-electron chi connectivity index (χ3n) is 7.91. The molecule has 0 amide bonds. The highest BCUT2D eigenvalue weighted by atomic mass is 32.1. The van der Waals surface area contributed by atoms with Crippen LogP contribution in [0.5, 0.6) is 0 Å². The Bertz CT molecular complexity index is 1990. The van der Waals surface area contributed by atoms with E-state index < -0.39 is 0 Å². The lowest BCUT2D eigenvalue weighted by molar-refractivity contribution is 1.26. The van der Waals surface area contributed by atoms with Crippen LogP contribution >= 0.6 is 11.3 Å². The summed E-state index contributed by atoms with van der Waals surface area (Å²) in [7, 11) is 0. The van der Waals surface area contributed by atoms with Gasteiger partial charge in [0.15, 0.2) is 0 Å². The van der Waals surface area contributed by atoms with E-state index in [1.165, 1.54) is 75.8 Å². The normalized spacial score (nSPS) is 12.1. The monoisotopic (exact) mass is 500 g/mol. The number of fused-ring (bicyclic) bond motifs is 6. The Morgan fingerprint density at radius 3 is 1.84 bits per heavy atom. The van der Waals surface area contributed by atoms with Crippen molar-refractivity contribution in [3.63, 3.8) is 0 Å². The second-order valence-electron chi connectivity index (χ2n) is 10.1. The molecule has 1 heteroatoms. The molecule has 8 rings (SSSR count). The molecule has 1 heterocycles. The third-order valence-corrected chi connectivity index (χ3v) is 9.13. The van der Waals surface area contributed by atoms with Gasteiger partial charge in [-0.1, -0.05) is 109 Å². The summed E-state index contributed by atoms with van der Waals surface area (Å²) in [5, 5.41) is 2.70. The fraction of sp³-hybridized carbons (Fsp3) is 0.0270. The van der Waals surface area contributed by atoms with E-state index in [0.29, 0.717) is 0 Å². The second kappa shape index (κ2) is 8.55. The first-order valence-electron chi connectivity index (χ1n) is 13.1. The molecule has 38 heavy (non-hydrogen) atoms. The first-order chi connectivity index (χ1) is 18.8. The minimum atomic E-state index is 1.00. The van der Waals surface area contributed by atoms with Gasteiger partial charge in [-0.05, 0) is 86.3 Å². The summed E-state index contributed by atoms with van der Waals surface area (Å²) in [5.41, 5.74) is 13.2. The van der Waals surface area contributed by atoms with Gasteiger partial charge < -0.3 is 0 Å². The molecule has 1 aliphatic rings. The second-order valence-corrected chi connectivity index (χ2v) is 11.2. The molecular formula is C37H24S. The van der Waals surface area contributed by atoms with Crippen molar-refractivity contribution >= 4 is 31.5 Å². The predicted molar refractivity (Wildman–Crippen MR) is 164 cm³/mol. The molecule has 0 atom stereocenters. The number of rotatable bonds is 3. The summed E-state index contributed by atoms with van der Waals surface area (Å²) < 4.78 is 2.72. The fourth-order valence-corrected chi connectivity index (χ4v) is 7.24. The van der Waals surface area contributed by atoms with Gasteiger partial charge in [-0.3, -0.25) is 0 Å². The van der Waals surface area contributed by atoms with Gasteiger partial charge in [-0.15, -0.1) is 11.3 Å². The third kappa shape index (κ3) is 3.44. The van der Waals surface area contributed by atoms with E-state index in [9.17, 15) is 0 Å². The quantitative estimate of drug-likeness (QED) is 0.226. The molecular weight excluding hydrogens is 476 g/mol. The molecule has 1 aromatic heterocycles. The van der Waals surface area contributed by atoms with Gasteiger partial charge in [0.2, 0.25) is 0 Å². The zero-order chi connectivity index (χ0) is 25.1. The van der Waals surface area contributed by atoms with E-state index in [1.54, 1.807) is 0 Å². The van der Waals surface area contributed by atoms with Crippen LogP contribution in [0.3, 0.4) is 0 Å². The molecule has 0 nitrogen and oxygen atoms in total. The zero-order valence-electron chi connectivity index (χ0n) is 20.8. The molecule has 0 radical (unpaired) electrons. The summed E-state index contributed by atoms with van der Waals surface area (Å²) in [6, 6.07) is 49.1. The van der Waals surface area contributed by atoms with Gasteiger partial charge in [0.05, 0.1) is 0 Å². The van der Waals surface area contributed by atoms with Crippen LogP contribution in [0.25, 0.3) is 64.7 Å². The molecule has 7 aromatic rings. The van der Waals surface area contributed by atoms with Crippen LogP contribution in [0.4, 0.5) is 0 Å². The molecule has 0 saturated carbocycles. The maximum absolute atomic E-state index is 2.42. The number of hydrogen-bond donors (Lipinski definition) is 0. The van der Waals surface area contributed by atoms with Gasteiger partial charge >= 0.3 is 0 Å². The van der Waals surface area contributed by atoms with Gasteiger partial charge in [-0.25, -0.2) is 0 Å². The number of thiophene rings is 1. The SMILES string of the molecule is c1ccc(-c2cccc(-c3ccc4c(c3)-c3cc(-c5cccc6c5sc5ccccc56)ccc3C4)c2)cc1. The molecule has 0 saturated heterocycles. The first-order valence-corrected chi connectivity index (χ1v) is 14.0. The largest absolute Gasteiger partial charge is 0.135 e. The fourth-order valence-electron chi connectivity index (χ4n) is 6.00. The van der Waals surface area contributed by atoms with Crippen LogP contribution in [0, 0.1) is 0 Å². The Balaban J connectivity index is 1.23. The highest BCUT2D eigenvalue weighted by molar-refractivity contribution is 7.26. The van der Waals surface area contributed by atoms with Crippen LogP contribution in [-0.4, -0.2) is 0 Å². The maximum atomic E-state index is 2.42. The van der Waals surface area contributed by atoms with Crippen LogP contribution in [0.1, 0.15) is 11.1 Å². The average molecular weight is 501 g/mol. The molecule has 178 valence electrons. The summed E-state index contributed by atoms with van der Waals surface area (Å²) in [4.78, 5) is 0. The van der Waals surface area contributed by atoms with Crippen molar-refractivity contribution in [2.45, 2.75) is 6.42 Å². The number of benzene rings is 6. The molecule has 0 spiro atoms. The van der Waals surface area contributed by atoms with Crippen molar-refractivity contribution in [1.29, 1.82) is 0 Å². The smallest absolute Gasteiger partial charge is 0.0433 e. The van der Waals surface area contributed by atoms with Crippen molar-refractivity contribution in [2.24, 2.45) is 0 Å². The summed E-state index contributed by atoms with van der Waals surface area (Å²) in [5.74, 6) is 0. The van der Waals surface area contributed by atoms with Crippen molar-refractivity contribution < 1.29 is 0 Å². The van der Waals surface area contributed by atoms with Crippen LogP contribution in [-0.2, 0) is 6.42 Å². The molecule has 6 aromatic carbocycles. The molecule has 0 fully saturated rings. The lowest BCUT2D eigenvalue weighted by Crippen LogP contribution is -1.85. The van der Waals surface area contributed by atoms with Crippen LogP contribution in [0.2, 0.25) is 0 Å². The van der Waals surface area contributed by atoms with Gasteiger partial charge in [0.25, 0.3) is 0 Å². The van der Waals surface area contributed by atoms with E-state index in [1.807, 2.05) is 11.3 Å². The molecule has 0 aliphatic heterocycles. The lowest BCUT2D eigenvalue weighted by atomic mass is 9.94. The topological polar surface area (TPSA) is 0 Å². The molecule has 1 aliphatic carbocycles. The Morgan fingerprint density at radius 2 is 1.00 bits per heavy atom. The Morgan fingerprint density at radius 1 is 0.395 bits per heavy atom. The Labute approximate surface area is 226 Å². The lowest BCUT2D eigenvalue weighted by Gasteiger charge is -2.10. The standard InChI is InChI=1S/C37H24S/c1-2-8-24(9-3-1)25-10-6-11-26(20-25)27-16-17-28-21-29-18-19-30(23-35(29)34(28)22-27)31-13-7-14-33-32-12-4-5-15-36(32)38-37(31)33/h1-20,22-23H,21H2. The van der Waals surface area contributed by atoms with E-state index >= 15 is 0 Å². The Kier molecular flexibility index (Phi) is 4.86. The van der Waals surface area contributed by atoms with Crippen molar-refractivity contribution in [3.8, 4) is 44.5 Å². The highest BCUT2D eigenvalue weighted by Gasteiger charge is 2.20. The zero-order valence-corrected chi connectivity index (χ0v) is 21.6. The summed E-state index contributed by atoms with van der Waals surface area (Å²) >= 11 is 1.90. The van der Waals surface area contributed by atoms with E-state index in [-0.39, 0.29) is 0 Å². The minimum absolute atomic E-state index is 1.00. The highest BCUT2D eigenvalue weighted by Crippen LogP contribution is 2.44. The first kappa shape index (κ1) is 21.6. The van der Waals surface area contributed by atoms with Crippen molar-refractivity contribution in [3.05, 3.63) is 145 Å². The van der Waals surface area contributed by atoms with Gasteiger partial charge in [0.1, 0.15) is 0 Å². The van der Waals surface area contributed by atoms with Gasteiger partial charge in [-0.2, -0.15) is 0 Å². The Hall–Kier alpha value is -4.46. The minimum Gasteiger partial charge on any atom is -0.135 e. The average Bonchev–Trinajstić information content (AvgIpc) is 3.55. The van der Waals surface area contributed by atoms with E-state index in [4.69, 9.17) is 0 Å². The molecule has 0 bridgehead atoms. The van der Waals surface area contributed by atoms with E-state index in [2.05, 4.69) is 133 Å². The van der Waals surface area contributed by atoms with Crippen LogP contribution < -0.4 is 0 Å². The predicted octanol–water partition coefficient (Wildman–Crippen LogP) is 10.6.